The number of nitrogens with zero attached hydrogens (tertiary/aromatic N) is 1. The molecule has 4 nitrogen and oxygen atoms in total. The Balaban J connectivity index is 1.34. The fourth-order valence-electron chi connectivity index (χ4n) is 4.42. The van der Waals surface area contributed by atoms with Crippen molar-refractivity contribution in [3.63, 3.8) is 0 Å². The van der Waals surface area contributed by atoms with Crippen molar-refractivity contribution >= 4 is 11.9 Å². The molecule has 0 aromatic heterocycles. The van der Waals surface area contributed by atoms with Gasteiger partial charge in [-0.15, -0.1) is 0 Å². The molecule has 32 heavy (non-hydrogen) atoms. The summed E-state index contributed by atoms with van der Waals surface area (Å²) in [6, 6.07) is 24.6. The first-order valence-corrected chi connectivity index (χ1v) is 11.2. The van der Waals surface area contributed by atoms with Gasteiger partial charge in [-0.05, 0) is 60.9 Å². The summed E-state index contributed by atoms with van der Waals surface area (Å²) in [7, 11) is 0. The van der Waals surface area contributed by atoms with Crippen molar-refractivity contribution in [1.29, 1.82) is 0 Å². The van der Waals surface area contributed by atoms with Crippen LogP contribution < -0.4 is 4.74 Å². The number of carbonyl (C=O) groups is 2. The van der Waals surface area contributed by atoms with E-state index < -0.39 is 0 Å². The van der Waals surface area contributed by atoms with E-state index in [9.17, 15) is 9.59 Å². The van der Waals surface area contributed by atoms with Crippen molar-refractivity contribution in [1.82, 2.24) is 4.90 Å². The number of likely N-dealkylation sites (tertiary alicyclic amines) is 1. The lowest BCUT2D eigenvalue weighted by Crippen LogP contribution is -2.39. The summed E-state index contributed by atoms with van der Waals surface area (Å²) in [6.45, 7) is 4.71. The van der Waals surface area contributed by atoms with Crippen molar-refractivity contribution < 1.29 is 14.3 Å². The summed E-state index contributed by atoms with van der Waals surface area (Å²) in [5.74, 6) is 0.671. The van der Waals surface area contributed by atoms with E-state index in [1.165, 1.54) is 23.6 Å². The molecule has 0 spiro atoms. The van der Waals surface area contributed by atoms with Gasteiger partial charge < -0.3 is 9.64 Å². The molecule has 1 aliphatic heterocycles. The number of piperidine rings is 1. The van der Waals surface area contributed by atoms with Crippen LogP contribution in [0.4, 0.5) is 0 Å². The highest BCUT2D eigenvalue weighted by molar-refractivity contribution is 5.96. The van der Waals surface area contributed by atoms with Crippen LogP contribution >= 0.6 is 0 Å². The van der Waals surface area contributed by atoms with Crippen LogP contribution in [0.3, 0.4) is 0 Å². The molecule has 164 valence electrons. The van der Waals surface area contributed by atoms with Crippen LogP contribution in [-0.4, -0.2) is 29.9 Å². The minimum absolute atomic E-state index is 0.0159. The van der Waals surface area contributed by atoms with Gasteiger partial charge in [0.1, 0.15) is 5.75 Å². The zero-order valence-electron chi connectivity index (χ0n) is 18.7. The van der Waals surface area contributed by atoms with Gasteiger partial charge in [0.2, 0.25) is 0 Å². The smallest absolute Gasteiger partial charge is 0.308 e. The Labute approximate surface area is 189 Å². The summed E-state index contributed by atoms with van der Waals surface area (Å²) in [6.07, 6.45) is 3.03. The number of esters is 1. The molecule has 4 heteroatoms. The van der Waals surface area contributed by atoms with E-state index in [1.54, 1.807) is 12.1 Å². The van der Waals surface area contributed by atoms with E-state index in [1.807, 2.05) is 24.0 Å². The monoisotopic (exact) mass is 427 g/mol. The topological polar surface area (TPSA) is 46.6 Å². The zero-order chi connectivity index (χ0) is 22.5. The normalized spacial score (nSPS) is 14.2. The van der Waals surface area contributed by atoms with E-state index >= 15 is 0 Å². The Kier molecular flexibility index (Phi) is 6.69. The lowest BCUT2D eigenvalue weighted by molar-refractivity contribution is -0.131. The predicted molar refractivity (Wildman–Crippen MR) is 127 cm³/mol. The average molecular weight is 428 g/mol. The zero-order valence-corrected chi connectivity index (χ0v) is 18.7. The first kappa shape index (κ1) is 21.8. The number of carbonyl (C=O) groups excluding carboxylic acids is 2. The molecule has 1 aliphatic rings. The summed E-state index contributed by atoms with van der Waals surface area (Å²) in [4.78, 5) is 26.3. The third-order valence-corrected chi connectivity index (χ3v) is 6.26. The van der Waals surface area contributed by atoms with Gasteiger partial charge in [0.05, 0.1) is 0 Å². The second-order valence-electron chi connectivity index (χ2n) is 8.53. The van der Waals surface area contributed by atoms with Gasteiger partial charge in [-0.25, -0.2) is 0 Å². The van der Waals surface area contributed by atoms with Gasteiger partial charge in [-0.3, -0.25) is 9.59 Å². The molecule has 0 bridgehead atoms. The molecule has 0 N–H and O–H groups in total. The maximum atomic E-state index is 13.1. The molecule has 0 unspecified atom stereocenters. The van der Waals surface area contributed by atoms with Gasteiger partial charge in [0.15, 0.2) is 0 Å². The van der Waals surface area contributed by atoms with E-state index in [0.717, 1.165) is 32.4 Å². The molecule has 0 atom stereocenters. The van der Waals surface area contributed by atoms with Crippen LogP contribution in [0.5, 0.6) is 5.75 Å². The van der Waals surface area contributed by atoms with Gasteiger partial charge in [-0.2, -0.15) is 0 Å². The van der Waals surface area contributed by atoms with Crippen molar-refractivity contribution in [2.24, 2.45) is 5.92 Å². The van der Waals surface area contributed by atoms with Crippen molar-refractivity contribution in [2.45, 2.75) is 33.1 Å². The predicted octanol–water partition coefficient (Wildman–Crippen LogP) is 5.68. The van der Waals surface area contributed by atoms with E-state index in [0.29, 0.717) is 22.8 Å². The van der Waals surface area contributed by atoms with Crippen LogP contribution in [-0.2, 0) is 11.2 Å². The maximum absolute atomic E-state index is 13.1. The molecular formula is C28H29NO3. The lowest BCUT2D eigenvalue weighted by atomic mass is 9.89. The molecule has 3 aromatic carbocycles. The van der Waals surface area contributed by atoms with Gasteiger partial charge in [0, 0.05) is 31.1 Å². The molecule has 3 aromatic rings. The standard InChI is InChI=1S/C28H29NO3/c1-20-26(9-6-10-27(20)32-21(2)30)28(31)29-17-15-23(16-18-29)19-22-11-13-25(14-12-22)24-7-4-3-5-8-24/h3-14,23H,15-19H2,1-2H3. The molecular weight excluding hydrogens is 398 g/mol. The first-order valence-electron chi connectivity index (χ1n) is 11.2. The van der Waals surface area contributed by atoms with Gasteiger partial charge in [-0.1, -0.05) is 60.7 Å². The molecule has 0 aliphatic carbocycles. The first-order chi connectivity index (χ1) is 15.5. The number of amides is 1. The highest BCUT2D eigenvalue weighted by Crippen LogP contribution is 2.27. The summed E-state index contributed by atoms with van der Waals surface area (Å²) >= 11 is 0. The quantitative estimate of drug-likeness (QED) is 0.389. The Morgan fingerprint density at radius 2 is 1.53 bits per heavy atom. The van der Waals surface area contributed by atoms with Crippen LogP contribution in [0.15, 0.2) is 72.8 Å². The number of benzene rings is 3. The fourth-order valence-corrected chi connectivity index (χ4v) is 4.42. The highest BCUT2D eigenvalue weighted by Gasteiger charge is 2.25. The lowest BCUT2D eigenvalue weighted by Gasteiger charge is -2.32. The molecule has 1 fully saturated rings. The van der Waals surface area contributed by atoms with E-state index in [2.05, 4.69) is 48.5 Å². The Morgan fingerprint density at radius 3 is 2.19 bits per heavy atom. The van der Waals surface area contributed by atoms with Crippen LogP contribution in [0.2, 0.25) is 0 Å². The summed E-state index contributed by atoms with van der Waals surface area (Å²) < 4.78 is 5.23. The van der Waals surface area contributed by atoms with Crippen LogP contribution in [0.25, 0.3) is 11.1 Å². The third-order valence-electron chi connectivity index (χ3n) is 6.26. The molecule has 1 amide bonds. The second-order valence-corrected chi connectivity index (χ2v) is 8.53. The number of rotatable bonds is 5. The van der Waals surface area contributed by atoms with Gasteiger partial charge in [0.25, 0.3) is 5.91 Å². The molecule has 1 heterocycles. The number of ether oxygens (including phenoxy) is 1. The largest absolute Gasteiger partial charge is 0.426 e. The average Bonchev–Trinajstić information content (AvgIpc) is 2.81. The van der Waals surface area contributed by atoms with Crippen molar-refractivity contribution in [2.75, 3.05) is 13.1 Å². The highest BCUT2D eigenvalue weighted by atomic mass is 16.5. The van der Waals surface area contributed by atoms with Crippen molar-refractivity contribution in [3.05, 3.63) is 89.5 Å². The Morgan fingerprint density at radius 1 is 0.875 bits per heavy atom. The fraction of sp³-hybridized carbons (Fsp3) is 0.286. The third kappa shape index (κ3) is 5.08. The Bertz CT molecular complexity index is 1080. The van der Waals surface area contributed by atoms with Crippen LogP contribution in [0.1, 0.15) is 41.3 Å². The maximum Gasteiger partial charge on any atom is 0.308 e. The number of hydrogen-bond donors (Lipinski definition) is 0. The van der Waals surface area contributed by atoms with Crippen LogP contribution in [0, 0.1) is 12.8 Å². The Hall–Kier alpha value is -3.40. The minimum Gasteiger partial charge on any atom is -0.426 e. The van der Waals surface area contributed by atoms with Crippen molar-refractivity contribution in [3.8, 4) is 16.9 Å². The number of hydrogen-bond acceptors (Lipinski definition) is 3. The second kappa shape index (κ2) is 9.82. The van der Waals surface area contributed by atoms with Gasteiger partial charge >= 0.3 is 5.97 Å². The summed E-state index contributed by atoms with van der Waals surface area (Å²) in [5.41, 5.74) is 5.14. The molecule has 0 radical (unpaired) electrons. The molecule has 1 saturated heterocycles. The molecule has 4 rings (SSSR count). The minimum atomic E-state index is -0.379. The SMILES string of the molecule is CC(=O)Oc1cccc(C(=O)N2CCC(Cc3ccc(-c4ccccc4)cc3)CC2)c1C. The van der Waals surface area contributed by atoms with E-state index in [4.69, 9.17) is 4.74 Å². The van der Waals surface area contributed by atoms with E-state index in [-0.39, 0.29) is 11.9 Å². The molecule has 0 saturated carbocycles. The summed E-state index contributed by atoms with van der Waals surface area (Å²) in [5, 5.41) is 0.